The Balaban J connectivity index is 2.22. The van der Waals surface area contributed by atoms with Gasteiger partial charge < -0.3 is 0 Å². The highest BCUT2D eigenvalue weighted by molar-refractivity contribution is 5.74. The van der Waals surface area contributed by atoms with Gasteiger partial charge in [-0.15, -0.1) is 0 Å². The summed E-state index contributed by atoms with van der Waals surface area (Å²) in [5.74, 6) is 0.659. The largest absolute Gasteiger partial charge is 0.289 e. The van der Waals surface area contributed by atoms with Crippen molar-refractivity contribution in [2.75, 3.05) is 0 Å². The average Bonchev–Trinajstić information content (AvgIpc) is 2.82. The second kappa shape index (κ2) is 3.16. The highest BCUT2D eigenvalue weighted by Crippen LogP contribution is 2.10. The Bertz CT molecular complexity index is 586. The molecule has 0 amide bonds. The Kier molecular flexibility index (Phi) is 1.71. The average molecular weight is 195 g/mol. The molecular weight excluding hydrogens is 188 g/mol. The molecule has 0 bridgehead atoms. The third-order valence-corrected chi connectivity index (χ3v) is 2.13. The number of hydrogen-bond acceptors (Lipinski definition) is 3. The van der Waals surface area contributed by atoms with Crippen LogP contribution in [0.4, 0.5) is 0 Å². The smallest absolute Gasteiger partial charge is 0.167 e. The number of benzene rings is 1. The van der Waals surface area contributed by atoms with Crippen LogP contribution in [0.25, 0.3) is 16.9 Å². The minimum absolute atomic E-state index is 0.659. The maximum absolute atomic E-state index is 4.42. The van der Waals surface area contributed by atoms with Crippen LogP contribution in [0.5, 0.6) is 0 Å². The zero-order valence-electron chi connectivity index (χ0n) is 7.83. The van der Waals surface area contributed by atoms with Gasteiger partial charge in [-0.05, 0) is 12.1 Å². The molecule has 0 atom stereocenters. The standard InChI is InChI=1S/C11H7N4/c1-2-4-10-9(3-1)13-7-11(14-10)15-6-5-12-8-15/h1-6,8H. The van der Waals surface area contributed by atoms with Gasteiger partial charge in [-0.3, -0.25) is 4.57 Å². The van der Waals surface area contributed by atoms with E-state index in [-0.39, 0.29) is 0 Å². The van der Waals surface area contributed by atoms with Crippen LogP contribution in [0, 0.1) is 6.20 Å². The SMILES string of the molecule is [c]1nc2ccccc2nc1-n1ccnc1. The molecule has 0 saturated heterocycles. The maximum atomic E-state index is 4.42. The summed E-state index contributed by atoms with van der Waals surface area (Å²) in [6.45, 7) is 0. The molecule has 0 aliphatic carbocycles. The van der Waals surface area contributed by atoms with E-state index in [1.165, 1.54) is 0 Å². The Hall–Kier alpha value is -2.23. The van der Waals surface area contributed by atoms with Crippen LogP contribution in [0.15, 0.2) is 43.0 Å². The Morgan fingerprint density at radius 2 is 2.00 bits per heavy atom. The van der Waals surface area contributed by atoms with Crippen molar-refractivity contribution in [3.05, 3.63) is 49.2 Å². The lowest BCUT2D eigenvalue weighted by Crippen LogP contribution is -1.96. The fraction of sp³-hybridized carbons (Fsp3) is 0. The first-order valence-electron chi connectivity index (χ1n) is 4.56. The quantitative estimate of drug-likeness (QED) is 0.592. The number of imidazole rings is 1. The van der Waals surface area contributed by atoms with Crippen molar-refractivity contribution in [1.29, 1.82) is 0 Å². The summed E-state index contributed by atoms with van der Waals surface area (Å²) in [6.07, 6.45) is 8.07. The zero-order valence-corrected chi connectivity index (χ0v) is 7.83. The molecule has 3 aromatic rings. The molecule has 0 N–H and O–H groups in total. The summed E-state index contributed by atoms with van der Waals surface area (Å²) >= 11 is 0. The van der Waals surface area contributed by atoms with E-state index in [0.717, 1.165) is 11.0 Å². The molecule has 0 fully saturated rings. The van der Waals surface area contributed by atoms with Crippen LogP contribution < -0.4 is 0 Å². The minimum atomic E-state index is 0.659. The summed E-state index contributed by atoms with van der Waals surface area (Å²) in [4.78, 5) is 12.6. The van der Waals surface area contributed by atoms with Gasteiger partial charge >= 0.3 is 0 Å². The lowest BCUT2D eigenvalue weighted by atomic mass is 10.3. The van der Waals surface area contributed by atoms with Gasteiger partial charge in [-0.2, -0.15) is 0 Å². The maximum Gasteiger partial charge on any atom is 0.167 e. The van der Waals surface area contributed by atoms with Crippen molar-refractivity contribution >= 4 is 11.0 Å². The van der Waals surface area contributed by atoms with Gasteiger partial charge in [0, 0.05) is 12.4 Å². The normalized spacial score (nSPS) is 10.7. The van der Waals surface area contributed by atoms with Crippen molar-refractivity contribution in [2.24, 2.45) is 0 Å². The Morgan fingerprint density at radius 3 is 2.80 bits per heavy atom. The third-order valence-electron chi connectivity index (χ3n) is 2.13. The number of para-hydroxylation sites is 2. The molecule has 0 aliphatic rings. The van der Waals surface area contributed by atoms with E-state index in [2.05, 4.69) is 21.1 Å². The summed E-state index contributed by atoms with van der Waals surface area (Å²) in [6, 6.07) is 7.71. The van der Waals surface area contributed by atoms with Crippen LogP contribution >= 0.6 is 0 Å². The number of fused-ring (bicyclic) bond motifs is 1. The molecule has 2 aromatic heterocycles. The lowest BCUT2D eigenvalue weighted by Gasteiger charge is -2.00. The summed E-state index contributed by atoms with van der Waals surface area (Å²) < 4.78 is 1.78. The van der Waals surface area contributed by atoms with Crippen LogP contribution in [0.3, 0.4) is 0 Å². The fourth-order valence-corrected chi connectivity index (χ4v) is 1.40. The van der Waals surface area contributed by atoms with Crippen molar-refractivity contribution < 1.29 is 0 Å². The number of hydrogen-bond donors (Lipinski definition) is 0. The van der Waals surface area contributed by atoms with Gasteiger partial charge in [0.1, 0.15) is 12.5 Å². The molecule has 0 unspecified atom stereocenters. The number of rotatable bonds is 1. The van der Waals surface area contributed by atoms with Crippen molar-refractivity contribution in [1.82, 2.24) is 19.5 Å². The second-order valence-electron chi connectivity index (χ2n) is 3.12. The molecule has 4 nitrogen and oxygen atoms in total. The highest BCUT2D eigenvalue weighted by atomic mass is 15.1. The van der Waals surface area contributed by atoms with Crippen LogP contribution in [-0.2, 0) is 0 Å². The van der Waals surface area contributed by atoms with Crippen molar-refractivity contribution in [2.45, 2.75) is 0 Å². The fourth-order valence-electron chi connectivity index (χ4n) is 1.40. The predicted molar refractivity (Wildman–Crippen MR) is 55.5 cm³/mol. The van der Waals surface area contributed by atoms with Crippen LogP contribution in [0.2, 0.25) is 0 Å². The Labute approximate surface area is 86.2 Å². The van der Waals surface area contributed by atoms with Gasteiger partial charge in [0.25, 0.3) is 0 Å². The van der Waals surface area contributed by atoms with E-state index in [9.17, 15) is 0 Å². The number of nitrogens with zero attached hydrogens (tertiary/aromatic N) is 4. The summed E-state index contributed by atoms with van der Waals surface area (Å²) in [7, 11) is 0. The van der Waals surface area contributed by atoms with E-state index in [4.69, 9.17) is 0 Å². The second-order valence-corrected chi connectivity index (χ2v) is 3.12. The zero-order chi connectivity index (χ0) is 10.1. The molecule has 2 heterocycles. The molecule has 1 aromatic carbocycles. The molecular formula is C11H7N4. The molecule has 0 aliphatic heterocycles. The molecule has 1 radical (unpaired) electrons. The van der Waals surface area contributed by atoms with Crippen molar-refractivity contribution in [3.8, 4) is 5.82 Å². The predicted octanol–water partition coefficient (Wildman–Crippen LogP) is 1.62. The molecule has 71 valence electrons. The molecule has 15 heavy (non-hydrogen) atoms. The first-order valence-corrected chi connectivity index (χ1v) is 4.56. The lowest BCUT2D eigenvalue weighted by molar-refractivity contribution is 0.986. The highest BCUT2D eigenvalue weighted by Gasteiger charge is 2.00. The molecule has 4 heteroatoms. The van der Waals surface area contributed by atoms with Gasteiger partial charge in [0.15, 0.2) is 5.82 Å². The third kappa shape index (κ3) is 1.36. The number of aromatic nitrogens is 4. The summed E-state index contributed by atoms with van der Waals surface area (Å²) in [5.41, 5.74) is 1.71. The van der Waals surface area contributed by atoms with Gasteiger partial charge in [-0.1, -0.05) is 12.1 Å². The minimum Gasteiger partial charge on any atom is -0.289 e. The molecule has 3 rings (SSSR count). The van der Waals surface area contributed by atoms with E-state index in [1.54, 1.807) is 17.1 Å². The monoisotopic (exact) mass is 195 g/mol. The van der Waals surface area contributed by atoms with E-state index in [1.807, 2.05) is 30.5 Å². The van der Waals surface area contributed by atoms with E-state index >= 15 is 0 Å². The van der Waals surface area contributed by atoms with E-state index < -0.39 is 0 Å². The summed E-state index contributed by atoms with van der Waals surface area (Å²) in [5, 5.41) is 0. The van der Waals surface area contributed by atoms with E-state index in [0.29, 0.717) is 5.82 Å². The first kappa shape index (κ1) is 8.11. The van der Waals surface area contributed by atoms with Crippen LogP contribution in [0.1, 0.15) is 0 Å². The molecule has 0 spiro atoms. The van der Waals surface area contributed by atoms with Gasteiger partial charge in [0.2, 0.25) is 0 Å². The molecule has 0 saturated carbocycles. The Morgan fingerprint density at radius 1 is 1.13 bits per heavy atom. The van der Waals surface area contributed by atoms with Gasteiger partial charge in [-0.25, -0.2) is 15.0 Å². The topological polar surface area (TPSA) is 43.6 Å². The first-order chi connectivity index (χ1) is 7.43. The van der Waals surface area contributed by atoms with Crippen LogP contribution in [-0.4, -0.2) is 19.5 Å². The van der Waals surface area contributed by atoms with Crippen molar-refractivity contribution in [3.63, 3.8) is 0 Å². The van der Waals surface area contributed by atoms with Gasteiger partial charge in [0.05, 0.1) is 11.0 Å².